The highest BCUT2D eigenvalue weighted by Gasteiger charge is 2.21. The van der Waals surface area contributed by atoms with E-state index in [9.17, 15) is 9.59 Å². The number of amides is 3. The highest BCUT2D eigenvalue weighted by atomic mass is 35.5. The second-order valence-electron chi connectivity index (χ2n) is 7.14. The molecule has 29 heavy (non-hydrogen) atoms. The van der Waals surface area contributed by atoms with E-state index in [1.54, 1.807) is 40.1 Å². The Morgan fingerprint density at radius 2 is 1.72 bits per heavy atom. The van der Waals surface area contributed by atoms with E-state index in [0.29, 0.717) is 36.9 Å². The van der Waals surface area contributed by atoms with Crippen molar-refractivity contribution in [2.24, 2.45) is 7.05 Å². The van der Waals surface area contributed by atoms with Gasteiger partial charge in [0.2, 0.25) is 5.91 Å². The van der Waals surface area contributed by atoms with Crippen LogP contribution in [-0.2, 0) is 11.8 Å². The largest absolute Gasteiger partial charge is 0.337 e. The number of anilines is 1. The van der Waals surface area contributed by atoms with Gasteiger partial charge in [0.15, 0.2) is 0 Å². The molecule has 1 aromatic carbocycles. The number of nitrogens with zero attached hydrogens (tertiary/aromatic N) is 4. The molecule has 1 saturated heterocycles. The monoisotopic (exact) mass is 415 g/mol. The van der Waals surface area contributed by atoms with Gasteiger partial charge < -0.3 is 15.1 Å². The van der Waals surface area contributed by atoms with Crippen molar-refractivity contribution in [3.05, 3.63) is 52.3 Å². The number of hydrogen-bond donors (Lipinski definition) is 1. The standard InChI is InChI=1S/C21H26ClN5O2/c1-15-19(16(2)25(3)24-15)9-10-20(28)26-11-4-12-27(14-13-26)21(29)23-18-7-5-17(22)6-8-18/h5-10H,4,11-14H2,1-3H3,(H,23,29)/b10-9+. The molecule has 3 rings (SSSR count). The normalized spacial score (nSPS) is 14.9. The van der Waals surface area contributed by atoms with Crippen LogP contribution in [0.4, 0.5) is 10.5 Å². The fourth-order valence-corrected chi connectivity index (χ4v) is 3.49. The molecule has 0 bridgehead atoms. The maximum absolute atomic E-state index is 12.6. The van der Waals surface area contributed by atoms with Crippen LogP contribution in [0.3, 0.4) is 0 Å². The summed E-state index contributed by atoms with van der Waals surface area (Å²) in [5.74, 6) is -0.0485. The number of benzene rings is 1. The third-order valence-electron chi connectivity index (χ3n) is 5.15. The molecule has 1 N–H and O–H groups in total. The van der Waals surface area contributed by atoms with Crippen molar-refractivity contribution in [3.8, 4) is 0 Å². The minimum atomic E-state index is -0.168. The van der Waals surface area contributed by atoms with Crippen molar-refractivity contribution >= 4 is 35.3 Å². The molecule has 2 heterocycles. The topological polar surface area (TPSA) is 70.5 Å². The molecule has 0 saturated carbocycles. The summed E-state index contributed by atoms with van der Waals surface area (Å²) >= 11 is 5.88. The quantitative estimate of drug-likeness (QED) is 0.780. The van der Waals surface area contributed by atoms with Crippen LogP contribution in [0.15, 0.2) is 30.3 Å². The zero-order valence-corrected chi connectivity index (χ0v) is 17.7. The van der Waals surface area contributed by atoms with Gasteiger partial charge in [0.1, 0.15) is 0 Å². The van der Waals surface area contributed by atoms with Crippen molar-refractivity contribution in [2.45, 2.75) is 20.3 Å². The molecule has 1 aliphatic heterocycles. The minimum Gasteiger partial charge on any atom is -0.337 e. The lowest BCUT2D eigenvalue weighted by Crippen LogP contribution is -2.39. The molecular formula is C21H26ClN5O2. The van der Waals surface area contributed by atoms with Crippen molar-refractivity contribution in [2.75, 3.05) is 31.5 Å². The number of rotatable bonds is 3. The first-order valence-electron chi connectivity index (χ1n) is 9.64. The molecule has 1 aromatic heterocycles. The van der Waals surface area contributed by atoms with E-state index in [0.717, 1.165) is 23.4 Å². The number of halogens is 1. The first kappa shape index (κ1) is 20.9. The summed E-state index contributed by atoms with van der Waals surface area (Å²) in [5, 5.41) is 7.86. The van der Waals surface area contributed by atoms with Gasteiger partial charge >= 0.3 is 6.03 Å². The number of carbonyl (C=O) groups excluding carboxylic acids is 2. The van der Waals surface area contributed by atoms with Crippen LogP contribution in [0.2, 0.25) is 5.02 Å². The molecule has 0 spiro atoms. The number of urea groups is 1. The van der Waals surface area contributed by atoms with E-state index in [2.05, 4.69) is 10.4 Å². The van der Waals surface area contributed by atoms with Crippen molar-refractivity contribution < 1.29 is 9.59 Å². The summed E-state index contributed by atoms with van der Waals surface area (Å²) in [6.45, 7) is 6.13. The maximum Gasteiger partial charge on any atom is 0.321 e. The molecule has 0 unspecified atom stereocenters. The van der Waals surface area contributed by atoms with Crippen LogP contribution in [0.25, 0.3) is 6.08 Å². The zero-order valence-electron chi connectivity index (χ0n) is 17.0. The number of aromatic nitrogens is 2. The summed E-state index contributed by atoms with van der Waals surface area (Å²) < 4.78 is 1.81. The van der Waals surface area contributed by atoms with Gasteiger partial charge in [0.25, 0.3) is 0 Å². The van der Waals surface area contributed by atoms with E-state index in [4.69, 9.17) is 11.6 Å². The summed E-state index contributed by atoms with van der Waals surface area (Å²) in [6.07, 6.45) is 4.16. The lowest BCUT2D eigenvalue weighted by atomic mass is 10.2. The Bertz CT molecular complexity index is 920. The van der Waals surface area contributed by atoms with Gasteiger partial charge in [0.05, 0.1) is 5.69 Å². The van der Waals surface area contributed by atoms with Gasteiger partial charge in [-0.25, -0.2) is 4.79 Å². The van der Waals surface area contributed by atoms with E-state index < -0.39 is 0 Å². The fourth-order valence-electron chi connectivity index (χ4n) is 3.37. The molecular weight excluding hydrogens is 390 g/mol. The molecule has 0 radical (unpaired) electrons. The Morgan fingerprint density at radius 3 is 2.38 bits per heavy atom. The smallest absolute Gasteiger partial charge is 0.321 e. The molecule has 1 fully saturated rings. The number of carbonyl (C=O) groups is 2. The van der Waals surface area contributed by atoms with Crippen molar-refractivity contribution in [1.82, 2.24) is 19.6 Å². The van der Waals surface area contributed by atoms with Gasteiger partial charge in [0, 0.05) is 61.3 Å². The maximum atomic E-state index is 12.6. The van der Waals surface area contributed by atoms with E-state index in [1.165, 1.54) is 0 Å². The number of hydrogen-bond acceptors (Lipinski definition) is 3. The highest BCUT2D eigenvalue weighted by molar-refractivity contribution is 6.30. The van der Waals surface area contributed by atoms with Crippen molar-refractivity contribution in [3.63, 3.8) is 0 Å². The third-order valence-corrected chi connectivity index (χ3v) is 5.40. The summed E-state index contributed by atoms with van der Waals surface area (Å²) in [4.78, 5) is 28.7. The van der Waals surface area contributed by atoms with E-state index in [-0.39, 0.29) is 11.9 Å². The van der Waals surface area contributed by atoms with Crippen LogP contribution < -0.4 is 5.32 Å². The molecule has 0 aliphatic carbocycles. The number of aryl methyl sites for hydroxylation is 2. The minimum absolute atomic E-state index is 0.0485. The number of nitrogens with one attached hydrogen (secondary N) is 1. The second-order valence-corrected chi connectivity index (χ2v) is 7.58. The predicted octanol–water partition coefficient (Wildman–Crippen LogP) is 3.47. The van der Waals surface area contributed by atoms with Gasteiger partial charge in [-0.1, -0.05) is 11.6 Å². The second kappa shape index (κ2) is 9.13. The van der Waals surface area contributed by atoms with Gasteiger partial charge in [-0.05, 0) is 50.6 Å². The first-order valence-corrected chi connectivity index (χ1v) is 10.0. The zero-order chi connectivity index (χ0) is 21.0. The van der Waals surface area contributed by atoms with Crippen LogP contribution >= 0.6 is 11.6 Å². The third kappa shape index (κ3) is 5.17. The fraction of sp³-hybridized carbons (Fsp3) is 0.381. The van der Waals surface area contributed by atoms with E-state index in [1.807, 2.05) is 31.7 Å². The Labute approximate surface area is 175 Å². The Morgan fingerprint density at radius 1 is 1.07 bits per heavy atom. The molecule has 7 nitrogen and oxygen atoms in total. The van der Waals surface area contributed by atoms with Gasteiger partial charge in [-0.3, -0.25) is 9.48 Å². The Kier molecular flexibility index (Phi) is 6.59. The first-order chi connectivity index (χ1) is 13.8. The van der Waals surface area contributed by atoms with Crippen LogP contribution in [-0.4, -0.2) is 57.7 Å². The SMILES string of the molecule is Cc1nn(C)c(C)c1/C=C/C(=O)N1CCCN(C(=O)Nc2ccc(Cl)cc2)CC1. The van der Waals surface area contributed by atoms with Gasteiger partial charge in [-0.15, -0.1) is 0 Å². The van der Waals surface area contributed by atoms with Crippen molar-refractivity contribution in [1.29, 1.82) is 0 Å². The van der Waals surface area contributed by atoms with Crippen LogP contribution in [0.1, 0.15) is 23.4 Å². The summed E-state index contributed by atoms with van der Waals surface area (Å²) in [7, 11) is 1.89. The predicted molar refractivity (Wildman–Crippen MR) is 115 cm³/mol. The van der Waals surface area contributed by atoms with Gasteiger partial charge in [-0.2, -0.15) is 5.10 Å². The lowest BCUT2D eigenvalue weighted by molar-refractivity contribution is -0.125. The average Bonchev–Trinajstić information content (AvgIpc) is 2.87. The summed E-state index contributed by atoms with van der Waals surface area (Å²) in [6, 6.07) is 6.83. The molecule has 2 aromatic rings. The van der Waals surface area contributed by atoms with Crippen LogP contribution in [0.5, 0.6) is 0 Å². The highest BCUT2D eigenvalue weighted by Crippen LogP contribution is 2.16. The summed E-state index contributed by atoms with van der Waals surface area (Å²) in [5.41, 5.74) is 3.59. The molecule has 3 amide bonds. The molecule has 154 valence electrons. The Balaban J connectivity index is 1.57. The Hall–Kier alpha value is -2.80. The molecule has 0 atom stereocenters. The van der Waals surface area contributed by atoms with Crippen LogP contribution in [0, 0.1) is 13.8 Å². The average molecular weight is 416 g/mol. The lowest BCUT2D eigenvalue weighted by Gasteiger charge is -2.22. The molecule has 1 aliphatic rings. The van der Waals surface area contributed by atoms with E-state index >= 15 is 0 Å². The molecule has 8 heteroatoms.